The fourth-order valence-electron chi connectivity index (χ4n) is 2.87. The van der Waals surface area contributed by atoms with Crippen LogP contribution < -0.4 is 0 Å². The Bertz CT molecular complexity index is 494. The van der Waals surface area contributed by atoms with Gasteiger partial charge in [-0.25, -0.2) is 0 Å². The highest BCUT2D eigenvalue weighted by molar-refractivity contribution is 5.53. The second-order valence-corrected chi connectivity index (χ2v) is 4.78. The van der Waals surface area contributed by atoms with E-state index in [2.05, 4.69) is 10.6 Å². The van der Waals surface area contributed by atoms with Crippen LogP contribution in [0.15, 0.2) is 30.5 Å². The van der Waals surface area contributed by atoms with Crippen molar-refractivity contribution < 1.29 is 5.11 Å². The third kappa shape index (κ3) is 1.58. The predicted octanol–water partition coefficient (Wildman–Crippen LogP) is 3.69. The standard InChI is InChI=1S/C14H17NO/c16-13-9-12-7-4-8-15(12)14(10-13)11-5-2-1-3-6-11/h4,7-11,16H,1-3,5-6H2. The topological polar surface area (TPSA) is 24.6 Å². The van der Waals surface area contributed by atoms with Gasteiger partial charge >= 0.3 is 0 Å². The number of aromatic nitrogens is 1. The van der Waals surface area contributed by atoms with Crippen molar-refractivity contribution in [2.75, 3.05) is 0 Å². The minimum Gasteiger partial charge on any atom is -0.508 e. The van der Waals surface area contributed by atoms with E-state index in [1.165, 1.54) is 37.8 Å². The number of aromatic hydroxyl groups is 1. The smallest absolute Gasteiger partial charge is 0.119 e. The minimum atomic E-state index is 0.395. The summed E-state index contributed by atoms with van der Waals surface area (Å²) in [6.07, 6.45) is 8.63. The van der Waals surface area contributed by atoms with Crippen molar-refractivity contribution in [3.05, 3.63) is 36.2 Å². The van der Waals surface area contributed by atoms with Gasteiger partial charge in [-0.05, 0) is 30.9 Å². The maximum atomic E-state index is 9.75. The van der Waals surface area contributed by atoms with Gasteiger partial charge in [0.05, 0.1) is 0 Å². The zero-order valence-corrected chi connectivity index (χ0v) is 9.39. The van der Waals surface area contributed by atoms with E-state index in [0.717, 1.165) is 5.52 Å². The summed E-state index contributed by atoms with van der Waals surface area (Å²) in [5.41, 5.74) is 2.38. The molecule has 0 radical (unpaired) electrons. The average Bonchev–Trinajstić information content (AvgIpc) is 2.77. The van der Waals surface area contributed by atoms with E-state index < -0.39 is 0 Å². The zero-order chi connectivity index (χ0) is 11.0. The zero-order valence-electron chi connectivity index (χ0n) is 9.39. The molecule has 2 aromatic rings. The molecule has 1 fully saturated rings. The normalized spacial score (nSPS) is 18.0. The van der Waals surface area contributed by atoms with Crippen LogP contribution >= 0.6 is 0 Å². The van der Waals surface area contributed by atoms with Gasteiger partial charge in [-0.2, -0.15) is 0 Å². The first-order valence-electron chi connectivity index (χ1n) is 6.14. The molecule has 1 aliphatic rings. The Balaban J connectivity index is 2.09. The fourth-order valence-corrected chi connectivity index (χ4v) is 2.87. The third-order valence-corrected chi connectivity index (χ3v) is 3.67. The van der Waals surface area contributed by atoms with E-state index in [1.54, 1.807) is 0 Å². The van der Waals surface area contributed by atoms with Crippen molar-refractivity contribution in [1.29, 1.82) is 0 Å². The largest absolute Gasteiger partial charge is 0.508 e. The van der Waals surface area contributed by atoms with Gasteiger partial charge in [-0.1, -0.05) is 19.3 Å². The number of pyridine rings is 1. The van der Waals surface area contributed by atoms with Crippen molar-refractivity contribution >= 4 is 5.52 Å². The minimum absolute atomic E-state index is 0.395. The number of hydrogen-bond donors (Lipinski definition) is 1. The van der Waals surface area contributed by atoms with Gasteiger partial charge in [0.2, 0.25) is 0 Å². The average molecular weight is 215 g/mol. The van der Waals surface area contributed by atoms with Crippen molar-refractivity contribution in [2.24, 2.45) is 0 Å². The van der Waals surface area contributed by atoms with Gasteiger partial charge in [-0.3, -0.25) is 0 Å². The van der Waals surface area contributed by atoms with Crippen LogP contribution in [0.3, 0.4) is 0 Å². The van der Waals surface area contributed by atoms with Gasteiger partial charge in [0, 0.05) is 29.5 Å². The monoisotopic (exact) mass is 215 g/mol. The van der Waals surface area contributed by atoms with Crippen LogP contribution in [0.4, 0.5) is 0 Å². The molecule has 3 rings (SSSR count). The first-order chi connectivity index (χ1) is 7.84. The summed E-state index contributed by atoms with van der Waals surface area (Å²) in [6.45, 7) is 0. The summed E-state index contributed by atoms with van der Waals surface area (Å²) < 4.78 is 2.22. The fraction of sp³-hybridized carbons (Fsp3) is 0.429. The molecule has 1 saturated carbocycles. The first-order valence-corrected chi connectivity index (χ1v) is 6.14. The molecule has 2 aromatic heterocycles. The Hall–Kier alpha value is -1.44. The van der Waals surface area contributed by atoms with E-state index >= 15 is 0 Å². The van der Waals surface area contributed by atoms with Gasteiger partial charge < -0.3 is 9.51 Å². The number of hydrogen-bond acceptors (Lipinski definition) is 1. The van der Waals surface area contributed by atoms with Gasteiger partial charge in [0.15, 0.2) is 0 Å². The van der Waals surface area contributed by atoms with Crippen molar-refractivity contribution in [3.63, 3.8) is 0 Å². The molecule has 0 aliphatic heterocycles. The maximum absolute atomic E-state index is 9.75. The van der Waals surface area contributed by atoms with E-state index in [1.807, 2.05) is 24.3 Å². The number of rotatable bonds is 1. The van der Waals surface area contributed by atoms with E-state index in [9.17, 15) is 5.11 Å². The Morgan fingerprint density at radius 3 is 2.75 bits per heavy atom. The molecule has 0 aromatic carbocycles. The summed E-state index contributed by atoms with van der Waals surface area (Å²) in [5, 5.41) is 9.75. The Labute approximate surface area is 95.5 Å². The van der Waals surface area contributed by atoms with E-state index in [-0.39, 0.29) is 0 Å². The maximum Gasteiger partial charge on any atom is 0.119 e. The van der Waals surface area contributed by atoms with Crippen molar-refractivity contribution in [1.82, 2.24) is 4.40 Å². The third-order valence-electron chi connectivity index (χ3n) is 3.67. The molecule has 84 valence electrons. The number of fused-ring (bicyclic) bond motifs is 1. The summed E-state index contributed by atoms with van der Waals surface area (Å²) in [6, 6.07) is 7.85. The molecule has 0 spiro atoms. The molecular weight excluding hydrogens is 198 g/mol. The Kier molecular flexibility index (Phi) is 2.35. The van der Waals surface area contributed by atoms with Crippen molar-refractivity contribution in [2.45, 2.75) is 38.0 Å². The molecule has 16 heavy (non-hydrogen) atoms. The molecule has 0 atom stereocenters. The molecule has 2 heteroatoms. The van der Waals surface area contributed by atoms with Crippen LogP contribution in [0.2, 0.25) is 0 Å². The Morgan fingerprint density at radius 2 is 1.94 bits per heavy atom. The molecule has 0 amide bonds. The molecule has 0 unspecified atom stereocenters. The molecule has 1 aliphatic carbocycles. The summed E-state index contributed by atoms with van der Waals surface area (Å²) >= 11 is 0. The molecule has 2 heterocycles. The summed E-state index contributed by atoms with van der Waals surface area (Å²) in [5.74, 6) is 1.02. The number of nitrogens with zero attached hydrogens (tertiary/aromatic N) is 1. The molecule has 1 N–H and O–H groups in total. The highest BCUT2D eigenvalue weighted by Crippen LogP contribution is 2.34. The Morgan fingerprint density at radius 1 is 1.12 bits per heavy atom. The molecule has 2 nitrogen and oxygen atoms in total. The highest BCUT2D eigenvalue weighted by atomic mass is 16.3. The van der Waals surface area contributed by atoms with Crippen LogP contribution in [-0.2, 0) is 0 Å². The summed E-state index contributed by atoms with van der Waals surface area (Å²) in [7, 11) is 0. The van der Waals surface area contributed by atoms with E-state index in [4.69, 9.17) is 0 Å². The molecule has 0 saturated heterocycles. The van der Waals surface area contributed by atoms with Crippen LogP contribution in [0.1, 0.15) is 43.7 Å². The van der Waals surface area contributed by atoms with Gasteiger partial charge in [-0.15, -0.1) is 0 Å². The molecule has 0 bridgehead atoms. The second kappa shape index (κ2) is 3.85. The lowest BCUT2D eigenvalue weighted by Gasteiger charge is -2.23. The second-order valence-electron chi connectivity index (χ2n) is 4.78. The summed E-state index contributed by atoms with van der Waals surface area (Å²) in [4.78, 5) is 0. The van der Waals surface area contributed by atoms with Gasteiger partial charge in [0.1, 0.15) is 5.75 Å². The lowest BCUT2D eigenvalue weighted by atomic mass is 9.86. The van der Waals surface area contributed by atoms with Crippen LogP contribution in [-0.4, -0.2) is 9.51 Å². The van der Waals surface area contributed by atoms with Crippen LogP contribution in [0, 0.1) is 0 Å². The first kappa shape index (κ1) is 9.76. The van der Waals surface area contributed by atoms with Crippen LogP contribution in [0.25, 0.3) is 5.52 Å². The SMILES string of the molecule is Oc1cc(C2CCCCC2)n2cccc2c1. The lowest BCUT2D eigenvalue weighted by Crippen LogP contribution is -2.08. The predicted molar refractivity (Wildman–Crippen MR) is 64.9 cm³/mol. The highest BCUT2D eigenvalue weighted by Gasteiger charge is 2.18. The molecular formula is C14H17NO. The van der Waals surface area contributed by atoms with E-state index in [0.29, 0.717) is 11.7 Å². The van der Waals surface area contributed by atoms with Gasteiger partial charge in [0.25, 0.3) is 0 Å². The van der Waals surface area contributed by atoms with Crippen LogP contribution in [0.5, 0.6) is 5.75 Å². The lowest BCUT2D eigenvalue weighted by molar-refractivity contribution is 0.428. The van der Waals surface area contributed by atoms with Crippen molar-refractivity contribution in [3.8, 4) is 5.75 Å². The quantitative estimate of drug-likeness (QED) is 0.770.